The summed E-state index contributed by atoms with van der Waals surface area (Å²) in [6, 6.07) is 8.22. The van der Waals surface area contributed by atoms with Crippen molar-refractivity contribution in [1.82, 2.24) is 0 Å². The zero-order valence-corrected chi connectivity index (χ0v) is 12.8. The molecule has 0 bridgehead atoms. The summed E-state index contributed by atoms with van der Waals surface area (Å²) in [6.45, 7) is 3.13. The number of benzene rings is 2. The minimum Gasteiger partial charge on any atom is -0.508 e. The van der Waals surface area contributed by atoms with Gasteiger partial charge in [0, 0.05) is 7.05 Å². The van der Waals surface area contributed by atoms with Crippen LogP contribution >= 0.6 is 0 Å². The number of rotatable bonds is 3. The van der Waals surface area contributed by atoms with E-state index in [9.17, 15) is 17.9 Å². The molecule has 0 spiro atoms. The summed E-state index contributed by atoms with van der Waals surface area (Å²) in [5.41, 5.74) is 1.13. The van der Waals surface area contributed by atoms with Crippen LogP contribution in [0.3, 0.4) is 0 Å². The Morgan fingerprint density at radius 1 is 1.05 bits per heavy atom. The second-order valence-electron chi connectivity index (χ2n) is 4.86. The molecule has 0 saturated carbocycles. The largest absolute Gasteiger partial charge is 0.508 e. The molecule has 0 aromatic heterocycles. The molecule has 6 heteroatoms. The summed E-state index contributed by atoms with van der Waals surface area (Å²) in [7, 11) is -2.38. The van der Waals surface area contributed by atoms with Gasteiger partial charge in [-0.1, -0.05) is 0 Å². The van der Waals surface area contributed by atoms with Gasteiger partial charge in [0.25, 0.3) is 10.0 Å². The summed E-state index contributed by atoms with van der Waals surface area (Å²) < 4.78 is 39.9. The van der Waals surface area contributed by atoms with Crippen LogP contribution in [0.15, 0.2) is 41.3 Å². The number of anilines is 1. The Morgan fingerprint density at radius 2 is 1.52 bits per heavy atom. The molecule has 4 nitrogen and oxygen atoms in total. The fraction of sp³-hybridized carbons (Fsp3) is 0.200. The minimum absolute atomic E-state index is 0.0543. The van der Waals surface area contributed by atoms with E-state index < -0.39 is 15.8 Å². The standard InChI is InChI=1S/C15H16FNO3S/c1-10-8-12(16)9-11(2)15(10)21(19,20)17(3)13-4-6-14(18)7-5-13/h4-9,18H,1-3H3. The average molecular weight is 309 g/mol. The van der Waals surface area contributed by atoms with Gasteiger partial charge in [-0.05, 0) is 61.4 Å². The number of sulfonamides is 1. The first-order valence-electron chi connectivity index (χ1n) is 6.28. The van der Waals surface area contributed by atoms with Gasteiger partial charge in [0.2, 0.25) is 0 Å². The summed E-state index contributed by atoms with van der Waals surface area (Å²) in [5, 5.41) is 9.27. The van der Waals surface area contributed by atoms with Gasteiger partial charge in [0.1, 0.15) is 11.6 Å². The topological polar surface area (TPSA) is 57.6 Å². The van der Waals surface area contributed by atoms with Crippen molar-refractivity contribution < 1.29 is 17.9 Å². The molecule has 0 atom stereocenters. The van der Waals surface area contributed by atoms with Gasteiger partial charge in [0.05, 0.1) is 10.6 Å². The van der Waals surface area contributed by atoms with Gasteiger partial charge in [-0.15, -0.1) is 0 Å². The Kier molecular flexibility index (Phi) is 3.91. The molecule has 0 saturated heterocycles. The van der Waals surface area contributed by atoms with E-state index in [-0.39, 0.29) is 10.6 Å². The van der Waals surface area contributed by atoms with E-state index in [1.165, 1.54) is 43.4 Å². The molecule has 2 rings (SSSR count). The van der Waals surface area contributed by atoms with Crippen LogP contribution in [-0.2, 0) is 10.0 Å². The van der Waals surface area contributed by atoms with Gasteiger partial charge >= 0.3 is 0 Å². The Labute approximate surface area is 123 Å². The molecule has 0 aliphatic rings. The van der Waals surface area contributed by atoms with Crippen LogP contribution in [0.4, 0.5) is 10.1 Å². The van der Waals surface area contributed by atoms with Crippen molar-refractivity contribution in [2.45, 2.75) is 18.7 Å². The zero-order chi connectivity index (χ0) is 15.8. The highest BCUT2D eigenvalue weighted by atomic mass is 32.2. The summed E-state index contributed by atoms with van der Waals surface area (Å²) in [6.07, 6.45) is 0. The lowest BCUT2D eigenvalue weighted by Gasteiger charge is -2.22. The predicted octanol–water partition coefficient (Wildman–Crippen LogP) is 2.97. The number of phenols is 1. The Morgan fingerprint density at radius 3 is 2.00 bits per heavy atom. The molecule has 0 heterocycles. The zero-order valence-electron chi connectivity index (χ0n) is 12.0. The molecule has 0 radical (unpaired) electrons. The van der Waals surface area contributed by atoms with E-state index in [0.717, 1.165) is 4.31 Å². The molecule has 0 aliphatic heterocycles. The molecule has 0 aliphatic carbocycles. The van der Waals surface area contributed by atoms with E-state index in [0.29, 0.717) is 16.8 Å². The van der Waals surface area contributed by atoms with E-state index in [2.05, 4.69) is 0 Å². The first-order valence-corrected chi connectivity index (χ1v) is 7.72. The monoisotopic (exact) mass is 309 g/mol. The Hall–Kier alpha value is -2.08. The van der Waals surface area contributed by atoms with Crippen molar-refractivity contribution in [3.8, 4) is 5.75 Å². The highest BCUT2D eigenvalue weighted by molar-refractivity contribution is 7.92. The van der Waals surface area contributed by atoms with Crippen molar-refractivity contribution in [1.29, 1.82) is 0 Å². The molecule has 0 fully saturated rings. The first-order chi connectivity index (χ1) is 9.73. The summed E-state index contributed by atoms with van der Waals surface area (Å²) >= 11 is 0. The van der Waals surface area contributed by atoms with Crippen molar-refractivity contribution >= 4 is 15.7 Å². The Bertz CT molecular complexity index is 747. The van der Waals surface area contributed by atoms with Crippen LogP contribution in [0.5, 0.6) is 5.75 Å². The lowest BCUT2D eigenvalue weighted by atomic mass is 10.1. The van der Waals surface area contributed by atoms with E-state index in [1.807, 2.05) is 0 Å². The number of halogens is 1. The summed E-state index contributed by atoms with van der Waals surface area (Å²) in [4.78, 5) is 0.0967. The highest BCUT2D eigenvalue weighted by Crippen LogP contribution is 2.28. The normalized spacial score (nSPS) is 11.4. The van der Waals surface area contributed by atoms with Crippen LogP contribution in [0.2, 0.25) is 0 Å². The van der Waals surface area contributed by atoms with Crippen LogP contribution < -0.4 is 4.31 Å². The summed E-state index contributed by atoms with van der Waals surface area (Å²) in [5.74, 6) is -0.407. The van der Waals surface area contributed by atoms with Crippen molar-refractivity contribution in [3.05, 3.63) is 53.3 Å². The van der Waals surface area contributed by atoms with Crippen molar-refractivity contribution in [3.63, 3.8) is 0 Å². The second kappa shape index (κ2) is 5.37. The molecule has 21 heavy (non-hydrogen) atoms. The number of nitrogens with zero attached hydrogens (tertiary/aromatic N) is 1. The number of hydrogen-bond acceptors (Lipinski definition) is 3. The molecule has 112 valence electrons. The lowest BCUT2D eigenvalue weighted by molar-refractivity contribution is 0.475. The fourth-order valence-corrected chi connectivity index (χ4v) is 3.85. The first kappa shape index (κ1) is 15.3. The molecular weight excluding hydrogens is 293 g/mol. The fourth-order valence-electron chi connectivity index (χ4n) is 2.24. The second-order valence-corrected chi connectivity index (χ2v) is 6.76. The quantitative estimate of drug-likeness (QED) is 0.948. The van der Waals surface area contributed by atoms with Crippen LogP contribution in [-0.4, -0.2) is 20.6 Å². The highest BCUT2D eigenvalue weighted by Gasteiger charge is 2.25. The molecule has 0 amide bonds. The third-order valence-electron chi connectivity index (χ3n) is 3.26. The van der Waals surface area contributed by atoms with Gasteiger partial charge in [0.15, 0.2) is 0 Å². The molecule has 2 aromatic carbocycles. The molecule has 0 unspecified atom stereocenters. The predicted molar refractivity (Wildman–Crippen MR) is 79.6 cm³/mol. The average Bonchev–Trinajstić information content (AvgIpc) is 2.37. The maximum atomic E-state index is 13.3. The maximum Gasteiger partial charge on any atom is 0.264 e. The Balaban J connectivity index is 2.54. The van der Waals surface area contributed by atoms with Gasteiger partial charge in [-0.3, -0.25) is 4.31 Å². The van der Waals surface area contributed by atoms with E-state index in [1.54, 1.807) is 13.8 Å². The third kappa shape index (κ3) is 2.85. The number of aromatic hydroxyl groups is 1. The maximum absolute atomic E-state index is 13.3. The minimum atomic E-state index is -3.80. The van der Waals surface area contributed by atoms with Crippen LogP contribution in [0, 0.1) is 19.7 Å². The SMILES string of the molecule is Cc1cc(F)cc(C)c1S(=O)(=O)N(C)c1ccc(O)cc1. The van der Waals surface area contributed by atoms with E-state index in [4.69, 9.17) is 0 Å². The van der Waals surface area contributed by atoms with Crippen molar-refractivity contribution in [2.75, 3.05) is 11.4 Å². The van der Waals surface area contributed by atoms with Crippen LogP contribution in [0.25, 0.3) is 0 Å². The molecule has 2 aromatic rings. The lowest BCUT2D eigenvalue weighted by Crippen LogP contribution is -2.28. The third-order valence-corrected chi connectivity index (χ3v) is 5.35. The van der Waals surface area contributed by atoms with Gasteiger partial charge in [-0.2, -0.15) is 0 Å². The van der Waals surface area contributed by atoms with Crippen LogP contribution in [0.1, 0.15) is 11.1 Å². The van der Waals surface area contributed by atoms with E-state index >= 15 is 0 Å². The van der Waals surface area contributed by atoms with Gasteiger partial charge < -0.3 is 5.11 Å². The van der Waals surface area contributed by atoms with Crippen molar-refractivity contribution in [2.24, 2.45) is 0 Å². The smallest absolute Gasteiger partial charge is 0.264 e. The number of phenolic OH excluding ortho intramolecular Hbond substituents is 1. The van der Waals surface area contributed by atoms with Gasteiger partial charge in [-0.25, -0.2) is 12.8 Å². The number of aryl methyl sites for hydroxylation is 2. The molecule has 1 N–H and O–H groups in total. The molecular formula is C15H16FNO3S. The number of hydrogen-bond donors (Lipinski definition) is 1.